The molecule has 0 radical (unpaired) electrons. The molecule has 0 aromatic heterocycles. The number of likely N-dealkylation sites (tertiary alicyclic amines) is 1. The zero-order valence-electron chi connectivity index (χ0n) is 22.0. The van der Waals surface area contributed by atoms with Crippen LogP contribution in [0.4, 0.5) is 5.69 Å². The van der Waals surface area contributed by atoms with Gasteiger partial charge in [-0.2, -0.15) is 0 Å². The Morgan fingerprint density at radius 3 is 2.16 bits per heavy atom. The van der Waals surface area contributed by atoms with Gasteiger partial charge in [-0.25, -0.2) is 8.42 Å². The van der Waals surface area contributed by atoms with Crippen molar-refractivity contribution in [2.24, 2.45) is 0 Å². The van der Waals surface area contributed by atoms with Gasteiger partial charge in [0.05, 0.1) is 10.6 Å². The number of rotatable bonds is 8. The van der Waals surface area contributed by atoms with Gasteiger partial charge in [0.1, 0.15) is 11.5 Å². The van der Waals surface area contributed by atoms with E-state index in [-0.39, 0.29) is 6.04 Å². The Hall–Kier alpha value is -3.61. The molecule has 1 aliphatic rings. The average Bonchev–Trinajstić information content (AvgIpc) is 2.92. The second-order valence-electron chi connectivity index (χ2n) is 10.0. The normalized spacial score (nSPS) is 14.8. The van der Waals surface area contributed by atoms with E-state index in [9.17, 15) is 8.42 Å². The van der Waals surface area contributed by atoms with Crippen LogP contribution in [0.2, 0.25) is 0 Å². The minimum absolute atomic E-state index is 0.104. The fourth-order valence-electron chi connectivity index (χ4n) is 5.03. The molecule has 4 aromatic carbocycles. The van der Waals surface area contributed by atoms with E-state index >= 15 is 0 Å². The molecule has 38 heavy (non-hydrogen) atoms. The fraction of sp³-hybridized carbons (Fsp3) is 0.250. The molecule has 1 heterocycles. The van der Waals surface area contributed by atoms with Gasteiger partial charge in [-0.3, -0.25) is 9.21 Å². The molecule has 196 valence electrons. The zero-order valence-corrected chi connectivity index (χ0v) is 22.8. The largest absolute Gasteiger partial charge is 0.457 e. The lowest BCUT2D eigenvalue weighted by Crippen LogP contribution is -2.47. The minimum atomic E-state index is -3.70. The minimum Gasteiger partial charge on any atom is -0.457 e. The standard InChI is InChI=1S/C32H34N2O3S/c1-25-14-16-28(17-15-25)34(38(35,36)32-13-6-8-26(2)22-32)29-18-20-33(21-19-29)24-27-9-7-12-31(23-27)37-30-10-4-3-5-11-30/h3-17,22-23,29H,18-21,24H2,1-2H3. The van der Waals surface area contributed by atoms with Crippen molar-refractivity contribution in [1.82, 2.24) is 4.90 Å². The first-order valence-corrected chi connectivity index (χ1v) is 14.5. The van der Waals surface area contributed by atoms with Crippen LogP contribution in [0.5, 0.6) is 11.5 Å². The summed E-state index contributed by atoms with van der Waals surface area (Å²) >= 11 is 0. The molecule has 0 unspecified atom stereocenters. The summed E-state index contributed by atoms with van der Waals surface area (Å²) in [6.07, 6.45) is 1.53. The number of sulfonamides is 1. The van der Waals surface area contributed by atoms with Gasteiger partial charge in [-0.05, 0) is 86.3 Å². The molecular weight excluding hydrogens is 492 g/mol. The molecule has 1 saturated heterocycles. The van der Waals surface area contributed by atoms with E-state index in [1.807, 2.05) is 92.7 Å². The Labute approximate surface area is 226 Å². The van der Waals surface area contributed by atoms with E-state index < -0.39 is 10.0 Å². The van der Waals surface area contributed by atoms with E-state index in [1.54, 1.807) is 16.4 Å². The van der Waals surface area contributed by atoms with Gasteiger partial charge in [0.15, 0.2) is 0 Å². The van der Waals surface area contributed by atoms with Crippen molar-refractivity contribution in [1.29, 1.82) is 0 Å². The van der Waals surface area contributed by atoms with Gasteiger partial charge in [0, 0.05) is 25.7 Å². The number of nitrogens with zero attached hydrogens (tertiary/aromatic N) is 2. The molecule has 0 saturated carbocycles. The first kappa shape index (κ1) is 26.0. The number of anilines is 1. The quantitative estimate of drug-likeness (QED) is 0.249. The molecule has 0 atom stereocenters. The lowest BCUT2D eigenvalue weighted by molar-refractivity contribution is 0.206. The number of benzene rings is 4. The zero-order chi connectivity index (χ0) is 26.5. The first-order chi connectivity index (χ1) is 18.4. The Bertz CT molecular complexity index is 1460. The molecule has 0 N–H and O–H groups in total. The van der Waals surface area contributed by atoms with E-state index in [1.165, 1.54) is 5.56 Å². The monoisotopic (exact) mass is 526 g/mol. The Kier molecular flexibility index (Phi) is 7.82. The third kappa shape index (κ3) is 6.09. The van der Waals surface area contributed by atoms with Gasteiger partial charge in [-0.1, -0.05) is 60.2 Å². The molecule has 0 spiro atoms. The summed E-state index contributed by atoms with van der Waals surface area (Å²) in [7, 11) is -3.70. The van der Waals surface area contributed by atoms with Crippen LogP contribution < -0.4 is 9.04 Å². The molecular formula is C32H34N2O3S. The van der Waals surface area contributed by atoms with Gasteiger partial charge < -0.3 is 4.74 Å². The number of ether oxygens (including phenoxy) is 1. The van der Waals surface area contributed by atoms with Crippen LogP contribution >= 0.6 is 0 Å². The van der Waals surface area contributed by atoms with Crippen molar-refractivity contribution < 1.29 is 13.2 Å². The Morgan fingerprint density at radius 2 is 1.45 bits per heavy atom. The molecule has 1 fully saturated rings. The lowest BCUT2D eigenvalue weighted by Gasteiger charge is -2.39. The number of piperidine rings is 1. The van der Waals surface area contributed by atoms with Crippen molar-refractivity contribution in [2.75, 3.05) is 17.4 Å². The van der Waals surface area contributed by atoms with Crippen LogP contribution in [0, 0.1) is 13.8 Å². The smallest absolute Gasteiger partial charge is 0.264 e. The number of hydrogen-bond donors (Lipinski definition) is 0. The highest BCUT2D eigenvalue weighted by Gasteiger charge is 2.34. The summed E-state index contributed by atoms with van der Waals surface area (Å²) in [5.41, 5.74) is 3.94. The van der Waals surface area contributed by atoms with Gasteiger partial charge in [-0.15, -0.1) is 0 Å². The molecule has 0 aliphatic carbocycles. The summed E-state index contributed by atoms with van der Waals surface area (Å²) in [6, 6.07) is 32.9. The van der Waals surface area contributed by atoms with Crippen molar-refractivity contribution in [2.45, 2.75) is 44.2 Å². The molecule has 6 heteroatoms. The Morgan fingerprint density at radius 1 is 0.763 bits per heavy atom. The van der Waals surface area contributed by atoms with Crippen molar-refractivity contribution in [3.8, 4) is 11.5 Å². The highest BCUT2D eigenvalue weighted by atomic mass is 32.2. The highest BCUT2D eigenvalue weighted by Crippen LogP contribution is 2.32. The topological polar surface area (TPSA) is 49.9 Å². The lowest BCUT2D eigenvalue weighted by atomic mass is 10.0. The number of hydrogen-bond acceptors (Lipinski definition) is 4. The van der Waals surface area contributed by atoms with Crippen molar-refractivity contribution >= 4 is 15.7 Å². The van der Waals surface area contributed by atoms with E-state index in [4.69, 9.17) is 4.74 Å². The van der Waals surface area contributed by atoms with Crippen LogP contribution in [-0.4, -0.2) is 32.4 Å². The number of para-hydroxylation sites is 1. The molecule has 4 aromatic rings. The van der Waals surface area contributed by atoms with Crippen molar-refractivity contribution in [3.05, 3.63) is 120 Å². The summed E-state index contributed by atoms with van der Waals surface area (Å²) in [6.45, 7) is 6.38. The van der Waals surface area contributed by atoms with E-state index in [0.29, 0.717) is 4.90 Å². The van der Waals surface area contributed by atoms with Crippen LogP contribution in [0.1, 0.15) is 29.5 Å². The molecule has 1 aliphatic heterocycles. The Balaban J connectivity index is 1.31. The second kappa shape index (κ2) is 11.4. The summed E-state index contributed by atoms with van der Waals surface area (Å²) in [4.78, 5) is 2.74. The van der Waals surface area contributed by atoms with Crippen LogP contribution in [0.25, 0.3) is 0 Å². The third-order valence-corrected chi connectivity index (χ3v) is 8.88. The van der Waals surface area contributed by atoms with Gasteiger partial charge in [0.25, 0.3) is 10.0 Å². The maximum atomic E-state index is 13.9. The summed E-state index contributed by atoms with van der Waals surface area (Å²) < 4.78 is 35.5. The molecule has 5 nitrogen and oxygen atoms in total. The predicted octanol–water partition coefficient (Wildman–Crippen LogP) is 6.96. The molecule has 0 bridgehead atoms. The third-order valence-electron chi connectivity index (χ3n) is 7.01. The molecule has 5 rings (SSSR count). The van der Waals surface area contributed by atoms with E-state index in [2.05, 4.69) is 17.0 Å². The maximum absolute atomic E-state index is 13.9. The summed E-state index contributed by atoms with van der Waals surface area (Å²) in [5.74, 6) is 1.63. The average molecular weight is 527 g/mol. The van der Waals surface area contributed by atoms with Gasteiger partial charge in [0.2, 0.25) is 0 Å². The van der Waals surface area contributed by atoms with Crippen LogP contribution in [-0.2, 0) is 16.6 Å². The summed E-state index contributed by atoms with van der Waals surface area (Å²) in [5, 5.41) is 0. The maximum Gasteiger partial charge on any atom is 0.264 e. The van der Waals surface area contributed by atoms with Crippen LogP contribution in [0.15, 0.2) is 108 Å². The van der Waals surface area contributed by atoms with Crippen LogP contribution in [0.3, 0.4) is 0 Å². The van der Waals surface area contributed by atoms with Crippen molar-refractivity contribution in [3.63, 3.8) is 0 Å². The molecule has 0 amide bonds. The first-order valence-electron chi connectivity index (χ1n) is 13.1. The van der Waals surface area contributed by atoms with E-state index in [0.717, 1.165) is 60.8 Å². The second-order valence-corrected chi connectivity index (χ2v) is 11.8. The van der Waals surface area contributed by atoms with Gasteiger partial charge >= 0.3 is 0 Å². The SMILES string of the molecule is Cc1ccc(N(C2CCN(Cc3cccc(Oc4ccccc4)c3)CC2)S(=O)(=O)c2cccc(C)c2)cc1. The number of aryl methyl sites for hydroxylation is 2. The predicted molar refractivity (Wildman–Crippen MR) is 153 cm³/mol. The fourth-order valence-corrected chi connectivity index (χ4v) is 6.84. The highest BCUT2D eigenvalue weighted by molar-refractivity contribution is 7.92.